The van der Waals surface area contributed by atoms with Gasteiger partial charge in [0, 0.05) is 42.6 Å². The van der Waals surface area contributed by atoms with Gasteiger partial charge in [-0.25, -0.2) is 4.68 Å². The third-order valence-electron chi connectivity index (χ3n) is 5.24. The van der Waals surface area contributed by atoms with Crippen molar-refractivity contribution in [3.63, 3.8) is 0 Å². The van der Waals surface area contributed by atoms with Crippen molar-refractivity contribution in [2.75, 3.05) is 18.4 Å². The molecular formula is C22H21N5O4. The summed E-state index contributed by atoms with van der Waals surface area (Å²) in [5.41, 5.74) is 0.661. The Kier molecular flexibility index (Phi) is 5.48. The van der Waals surface area contributed by atoms with Crippen molar-refractivity contribution in [1.29, 1.82) is 0 Å². The molecule has 1 aromatic heterocycles. The van der Waals surface area contributed by atoms with Gasteiger partial charge < -0.3 is 10.2 Å². The molecule has 1 fully saturated rings. The van der Waals surface area contributed by atoms with Gasteiger partial charge >= 0.3 is 0 Å². The number of nitrogens with zero attached hydrogens (tertiary/aromatic N) is 4. The molecule has 0 spiro atoms. The average Bonchev–Trinajstić information content (AvgIpc) is 3.22. The lowest BCUT2D eigenvalue weighted by Gasteiger charge is -2.18. The minimum Gasteiger partial charge on any atom is -0.380 e. The fraction of sp³-hybridized carbons (Fsp3) is 0.227. The molecule has 0 bridgehead atoms. The van der Waals surface area contributed by atoms with Crippen LogP contribution in [-0.4, -0.2) is 44.6 Å². The van der Waals surface area contributed by atoms with Crippen LogP contribution in [0.3, 0.4) is 0 Å². The topological polar surface area (TPSA) is 110 Å². The molecule has 1 aliphatic heterocycles. The molecule has 1 unspecified atom stereocenters. The summed E-state index contributed by atoms with van der Waals surface area (Å²) >= 11 is 0. The SMILES string of the molecule is Cc1cc(=O)c(C(=O)N2CCC(Nc3ccccc3)C2)nn1-c1ccccc1[N+](=O)[O-]. The zero-order chi connectivity index (χ0) is 22.0. The van der Waals surface area contributed by atoms with Crippen molar-refractivity contribution >= 4 is 17.3 Å². The Labute approximate surface area is 178 Å². The van der Waals surface area contributed by atoms with Crippen molar-refractivity contribution in [1.82, 2.24) is 14.7 Å². The lowest BCUT2D eigenvalue weighted by atomic mass is 10.2. The van der Waals surface area contributed by atoms with Gasteiger partial charge in [0.2, 0.25) is 5.43 Å². The molecule has 31 heavy (non-hydrogen) atoms. The largest absolute Gasteiger partial charge is 0.380 e. The highest BCUT2D eigenvalue weighted by Crippen LogP contribution is 2.23. The molecule has 1 amide bonds. The molecule has 9 heteroatoms. The number of aryl methyl sites for hydroxylation is 1. The second-order valence-corrected chi connectivity index (χ2v) is 7.40. The van der Waals surface area contributed by atoms with E-state index in [4.69, 9.17) is 0 Å². The van der Waals surface area contributed by atoms with Crippen LogP contribution in [0.5, 0.6) is 0 Å². The normalized spacial score (nSPS) is 15.6. The van der Waals surface area contributed by atoms with E-state index in [1.807, 2.05) is 30.3 Å². The second-order valence-electron chi connectivity index (χ2n) is 7.40. The first-order valence-corrected chi connectivity index (χ1v) is 9.89. The van der Waals surface area contributed by atoms with Gasteiger partial charge in [-0.05, 0) is 31.5 Å². The van der Waals surface area contributed by atoms with Crippen LogP contribution in [0.1, 0.15) is 22.6 Å². The van der Waals surface area contributed by atoms with Gasteiger partial charge in [-0.1, -0.05) is 30.3 Å². The Balaban J connectivity index is 1.60. The number of rotatable bonds is 5. The Hall–Kier alpha value is -4.01. The Morgan fingerprint density at radius 1 is 1.16 bits per heavy atom. The van der Waals surface area contributed by atoms with Crippen LogP contribution in [-0.2, 0) is 0 Å². The van der Waals surface area contributed by atoms with E-state index in [9.17, 15) is 19.7 Å². The number of anilines is 1. The fourth-order valence-electron chi connectivity index (χ4n) is 3.72. The first kappa shape index (κ1) is 20.3. The molecule has 4 rings (SSSR count). The zero-order valence-corrected chi connectivity index (χ0v) is 16.9. The molecule has 0 radical (unpaired) electrons. The Morgan fingerprint density at radius 2 is 1.87 bits per heavy atom. The lowest BCUT2D eigenvalue weighted by Crippen LogP contribution is -2.36. The summed E-state index contributed by atoms with van der Waals surface area (Å²) in [6, 6.07) is 17.1. The van der Waals surface area contributed by atoms with E-state index in [1.165, 1.54) is 22.9 Å². The molecule has 1 N–H and O–H groups in total. The number of nitro groups is 1. The van der Waals surface area contributed by atoms with Crippen LogP contribution in [0.15, 0.2) is 65.5 Å². The minimum absolute atomic E-state index is 0.0641. The number of amides is 1. The molecular weight excluding hydrogens is 398 g/mol. The number of nitro benzene ring substituents is 1. The number of likely N-dealkylation sites (tertiary alicyclic amines) is 1. The van der Waals surface area contributed by atoms with Crippen molar-refractivity contribution in [2.24, 2.45) is 0 Å². The molecule has 1 atom stereocenters. The summed E-state index contributed by atoms with van der Waals surface area (Å²) < 4.78 is 1.28. The first-order chi connectivity index (χ1) is 14.9. The van der Waals surface area contributed by atoms with Gasteiger partial charge in [-0.2, -0.15) is 5.10 Å². The third kappa shape index (κ3) is 4.16. The van der Waals surface area contributed by atoms with Gasteiger partial charge in [0.25, 0.3) is 11.6 Å². The van der Waals surface area contributed by atoms with E-state index in [0.717, 1.165) is 12.1 Å². The molecule has 0 saturated carbocycles. The number of carbonyl (C=O) groups is 1. The third-order valence-corrected chi connectivity index (χ3v) is 5.24. The maximum absolute atomic E-state index is 13.1. The van der Waals surface area contributed by atoms with Crippen LogP contribution in [0.2, 0.25) is 0 Å². The Morgan fingerprint density at radius 3 is 2.61 bits per heavy atom. The summed E-state index contributed by atoms with van der Waals surface area (Å²) in [6.07, 6.45) is 0.741. The van der Waals surface area contributed by atoms with Gasteiger partial charge in [0.05, 0.1) is 4.92 Å². The minimum atomic E-state index is -0.517. The number of hydrogen-bond donors (Lipinski definition) is 1. The fourth-order valence-corrected chi connectivity index (χ4v) is 3.72. The number of nitrogens with one attached hydrogen (secondary N) is 1. The number of aromatic nitrogens is 2. The van der Waals surface area contributed by atoms with Crippen LogP contribution in [0.4, 0.5) is 11.4 Å². The molecule has 158 valence electrons. The molecule has 9 nitrogen and oxygen atoms in total. The average molecular weight is 419 g/mol. The van der Waals surface area contributed by atoms with E-state index in [-0.39, 0.29) is 23.1 Å². The van der Waals surface area contributed by atoms with E-state index in [0.29, 0.717) is 18.8 Å². The number of para-hydroxylation sites is 3. The predicted octanol–water partition coefficient (Wildman–Crippen LogP) is 2.78. The molecule has 0 aliphatic carbocycles. The van der Waals surface area contributed by atoms with Crippen LogP contribution < -0.4 is 10.7 Å². The van der Waals surface area contributed by atoms with Crippen molar-refractivity contribution < 1.29 is 9.72 Å². The monoisotopic (exact) mass is 419 g/mol. The summed E-state index contributed by atoms with van der Waals surface area (Å²) in [4.78, 5) is 38.1. The summed E-state index contributed by atoms with van der Waals surface area (Å²) in [6.45, 7) is 2.55. The molecule has 1 aliphatic rings. The highest BCUT2D eigenvalue weighted by molar-refractivity contribution is 5.92. The number of carbonyl (C=O) groups excluding carboxylic acids is 1. The summed E-state index contributed by atoms with van der Waals surface area (Å²) in [7, 11) is 0. The highest BCUT2D eigenvalue weighted by Gasteiger charge is 2.30. The van der Waals surface area contributed by atoms with Gasteiger partial charge in [-0.15, -0.1) is 0 Å². The quantitative estimate of drug-likeness (QED) is 0.503. The van der Waals surface area contributed by atoms with Crippen molar-refractivity contribution in [3.8, 4) is 5.69 Å². The van der Waals surface area contributed by atoms with Crippen molar-refractivity contribution in [2.45, 2.75) is 19.4 Å². The molecule has 2 aromatic carbocycles. The van der Waals surface area contributed by atoms with Gasteiger partial charge in [0.1, 0.15) is 5.69 Å². The van der Waals surface area contributed by atoms with Gasteiger partial charge in [-0.3, -0.25) is 19.7 Å². The van der Waals surface area contributed by atoms with Crippen LogP contribution in [0, 0.1) is 17.0 Å². The highest BCUT2D eigenvalue weighted by atomic mass is 16.6. The summed E-state index contributed by atoms with van der Waals surface area (Å²) in [5.74, 6) is -0.477. The first-order valence-electron chi connectivity index (χ1n) is 9.89. The molecule has 3 aromatic rings. The van der Waals surface area contributed by atoms with E-state index in [1.54, 1.807) is 24.0 Å². The zero-order valence-electron chi connectivity index (χ0n) is 16.9. The summed E-state index contributed by atoms with van der Waals surface area (Å²) in [5, 5.41) is 19.0. The number of benzene rings is 2. The standard InChI is InChI=1S/C22H21N5O4/c1-15-13-20(28)21(24-26(15)18-9-5-6-10-19(18)27(30)31)22(29)25-12-11-17(14-25)23-16-7-3-2-4-8-16/h2-10,13,17,23H,11-12,14H2,1H3. The predicted molar refractivity (Wildman–Crippen MR) is 116 cm³/mol. The molecule has 1 saturated heterocycles. The van der Waals surface area contributed by atoms with E-state index < -0.39 is 16.3 Å². The number of hydrogen-bond acceptors (Lipinski definition) is 6. The van der Waals surface area contributed by atoms with E-state index in [2.05, 4.69) is 10.4 Å². The van der Waals surface area contributed by atoms with Gasteiger partial charge in [0.15, 0.2) is 5.69 Å². The lowest BCUT2D eigenvalue weighted by molar-refractivity contribution is -0.384. The second kappa shape index (κ2) is 8.39. The van der Waals surface area contributed by atoms with Crippen LogP contribution in [0.25, 0.3) is 5.69 Å². The van der Waals surface area contributed by atoms with Crippen molar-refractivity contribution in [3.05, 3.63) is 92.4 Å². The maximum Gasteiger partial charge on any atom is 0.294 e. The smallest absolute Gasteiger partial charge is 0.294 e. The maximum atomic E-state index is 13.1. The van der Waals surface area contributed by atoms with E-state index >= 15 is 0 Å². The molecule has 2 heterocycles. The van der Waals surface area contributed by atoms with Crippen LogP contribution >= 0.6 is 0 Å². The Bertz CT molecular complexity index is 1190.